The van der Waals surface area contributed by atoms with E-state index in [4.69, 9.17) is 14.7 Å². The van der Waals surface area contributed by atoms with Gasteiger partial charge in [-0.15, -0.1) is 5.10 Å². The molecular formula is C23H18N4O. The number of para-hydroxylation sites is 1. The van der Waals surface area contributed by atoms with Crippen LogP contribution in [0.4, 0.5) is 0 Å². The summed E-state index contributed by atoms with van der Waals surface area (Å²) in [5, 5.41) is 5.63. The lowest BCUT2D eigenvalue weighted by molar-refractivity contribution is 0.416. The molecule has 5 rings (SSSR count). The van der Waals surface area contributed by atoms with Gasteiger partial charge in [-0.2, -0.15) is 0 Å². The summed E-state index contributed by atoms with van der Waals surface area (Å²) >= 11 is 0. The minimum Gasteiger partial charge on any atom is -0.496 e. The lowest BCUT2D eigenvalue weighted by Gasteiger charge is -2.10. The van der Waals surface area contributed by atoms with Gasteiger partial charge in [0.1, 0.15) is 5.75 Å². The molecule has 5 nitrogen and oxygen atoms in total. The molecule has 0 aliphatic rings. The molecule has 3 heterocycles. The Morgan fingerprint density at radius 2 is 1.64 bits per heavy atom. The quantitative estimate of drug-likeness (QED) is 0.454. The summed E-state index contributed by atoms with van der Waals surface area (Å²) in [5.41, 5.74) is 5.61. The van der Waals surface area contributed by atoms with Gasteiger partial charge in [-0.3, -0.25) is 0 Å². The van der Waals surface area contributed by atoms with E-state index >= 15 is 0 Å². The van der Waals surface area contributed by atoms with Crippen LogP contribution in [0.25, 0.3) is 39.2 Å². The van der Waals surface area contributed by atoms with Gasteiger partial charge in [0.05, 0.1) is 29.3 Å². The number of nitrogens with zero attached hydrogens (tertiary/aromatic N) is 4. The molecule has 28 heavy (non-hydrogen) atoms. The van der Waals surface area contributed by atoms with E-state index in [0.717, 1.165) is 33.5 Å². The molecule has 5 aromatic rings. The number of hydrogen-bond donors (Lipinski definition) is 0. The van der Waals surface area contributed by atoms with E-state index < -0.39 is 0 Å². The van der Waals surface area contributed by atoms with E-state index in [1.165, 1.54) is 5.56 Å². The highest BCUT2D eigenvalue weighted by molar-refractivity contribution is 6.03. The third kappa shape index (κ3) is 2.60. The Balaban J connectivity index is 1.87. The van der Waals surface area contributed by atoms with E-state index in [9.17, 15) is 0 Å². The van der Waals surface area contributed by atoms with Crippen molar-refractivity contribution in [2.45, 2.75) is 6.92 Å². The normalized spacial score (nSPS) is 11.2. The topological polar surface area (TPSA) is 52.3 Å². The van der Waals surface area contributed by atoms with Crippen LogP contribution in [-0.2, 0) is 0 Å². The minimum atomic E-state index is 0.601. The van der Waals surface area contributed by atoms with Gasteiger partial charge in [-0.05, 0) is 31.2 Å². The van der Waals surface area contributed by atoms with Gasteiger partial charge in [-0.25, -0.2) is 14.5 Å². The van der Waals surface area contributed by atoms with Gasteiger partial charge in [0.2, 0.25) is 0 Å². The van der Waals surface area contributed by atoms with Gasteiger partial charge in [0.15, 0.2) is 11.5 Å². The predicted molar refractivity (Wildman–Crippen MR) is 110 cm³/mol. The van der Waals surface area contributed by atoms with Crippen molar-refractivity contribution in [1.29, 1.82) is 0 Å². The molecule has 0 spiro atoms. The molecule has 0 N–H and O–H groups in total. The molecule has 3 aromatic heterocycles. The average molecular weight is 366 g/mol. The zero-order chi connectivity index (χ0) is 19.1. The minimum absolute atomic E-state index is 0.601. The van der Waals surface area contributed by atoms with Crippen molar-refractivity contribution >= 4 is 16.6 Å². The van der Waals surface area contributed by atoms with Gasteiger partial charge in [-0.1, -0.05) is 48.0 Å². The summed E-state index contributed by atoms with van der Waals surface area (Å²) in [7, 11) is 1.66. The molecule has 0 aliphatic heterocycles. The number of hydrogen-bond acceptors (Lipinski definition) is 4. The van der Waals surface area contributed by atoms with Crippen LogP contribution in [0, 0.1) is 6.92 Å². The highest BCUT2D eigenvalue weighted by atomic mass is 16.5. The number of aromatic nitrogens is 4. The average Bonchev–Trinajstić information content (AvgIpc) is 3.12. The Morgan fingerprint density at radius 1 is 0.857 bits per heavy atom. The van der Waals surface area contributed by atoms with E-state index in [1.54, 1.807) is 7.11 Å². The molecule has 0 saturated carbocycles. The largest absolute Gasteiger partial charge is 0.496 e. The molecule has 5 heteroatoms. The van der Waals surface area contributed by atoms with Crippen LogP contribution in [0.5, 0.6) is 5.75 Å². The molecule has 136 valence electrons. The van der Waals surface area contributed by atoms with E-state index in [2.05, 4.69) is 36.3 Å². The molecule has 0 radical (unpaired) electrons. The predicted octanol–water partition coefficient (Wildman–Crippen LogP) is 4.93. The van der Waals surface area contributed by atoms with Crippen molar-refractivity contribution in [2.24, 2.45) is 0 Å². The van der Waals surface area contributed by atoms with Crippen LogP contribution in [0.1, 0.15) is 5.56 Å². The summed E-state index contributed by atoms with van der Waals surface area (Å²) < 4.78 is 7.38. The zero-order valence-electron chi connectivity index (χ0n) is 15.6. The van der Waals surface area contributed by atoms with Crippen molar-refractivity contribution in [3.63, 3.8) is 0 Å². The second kappa shape index (κ2) is 6.46. The fraction of sp³-hybridized carbons (Fsp3) is 0.0870. The number of rotatable bonds is 3. The van der Waals surface area contributed by atoms with Gasteiger partial charge in [0, 0.05) is 11.8 Å². The molecule has 2 aromatic carbocycles. The lowest BCUT2D eigenvalue weighted by Crippen LogP contribution is -1.96. The maximum absolute atomic E-state index is 5.53. The number of ether oxygens (including phenoxy) is 1. The molecule has 0 amide bonds. The lowest BCUT2D eigenvalue weighted by atomic mass is 10.1. The zero-order valence-corrected chi connectivity index (χ0v) is 15.6. The monoisotopic (exact) mass is 366 g/mol. The van der Waals surface area contributed by atoms with Crippen LogP contribution < -0.4 is 4.74 Å². The molecular weight excluding hydrogens is 348 g/mol. The van der Waals surface area contributed by atoms with Crippen molar-refractivity contribution in [2.75, 3.05) is 7.11 Å². The number of benzene rings is 2. The highest BCUT2D eigenvalue weighted by Crippen LogP contribution is 2.34. The van der Waals surface area contributed by atoms with E-state index in [-0.39, 0.29) is 0 Å². The smallest absolute Gasteiger partial charge is 0.186 e. The number of pyridine rings is 1. The first-order valence-corrected chi connectivity index (χ1v) is 9.10. The Morgan fingerprint density at radius 3 is 2.46 bits per heavy atom. The molecule has 0 bridgehead atoms. The third-order valence-electron chi connectivity index (χ3n) is 4.86. The number of fused-ring (bicyclic) bond motifs is 3. The Labute approximate surface area is 162 Å². The van der Waals surface area contributed by atoms with Gasteiger partial charge >= 0.3 is 0 Å². The van der Waals surface area contributed by atoms with Crippen molar-refractivity contribution in [3.05, 3.63) is 78.5 Å². The van der Waals surface area contributed by atoms with Crippen LogP contribution in [0.2, 0.25) is 0 Å². The summed E-state index contributed by atoms with van der Waals surface area (Å²) in [4.78, 5) is 9.73. The maximum Gasteiger partial charge on any atom is 0.186 e. The fourth-order valence-corrected chi connectivity index (χ4v) is 3.45. The summed E-state index contributed by atoms with van der Waals surface area (Å²) in [6, 6.07) is 22.2. The first-order chi connectivity index (χ1) is 13.7. The van der Waals surface area contributed by atoms with Gasteiger partial charge in [0.25, 0.3) is 0 Å². The first-order valence-electron chi connectivity index (χ1n) is 9.10. The van der Waals surface area contributed by atoms with Crippen LogP contribution in [-0.4, -0.2) is 26.7 Å². The Bertz CT molecular complexity index is 1310. The maximum atomic E-state index is 5.53. The molecule has 0 fully saturated rings. The second-order valence-electron chi connectivity index (χ2n) is 6.69. The number of aryl methyl sites for hydroxylation is 1. The molecule has 0 unspecified atom stereocenters. The Hall–Kier alpha value is -3.73. The van der Waals surface area contributed by atoms with Crippen LogP contribution >= 0.6 is 0 Å². The molecule has 0 aliphatic carbocycles. The molecule has 0 saturated heterocycles. The standard InChI is InChI=1S/C23H18N4O/c1-15-10-12-16(13-11-15)21-20-18-8-5-6-14-27(18)26-23(20)25-22(24-21)17-7-3-4-9-19(17)28-2/h3-14H,1-2H3. The first kappa shape index (κ1) is 16.4. The highest BCUT2D eigenvalue weighted by Gasteiger charge is 2.18. The summed E-state index contributed by atoms with van der Waals surface area (Å²) in [5.74, 6) is 1.34. The van der Waals surface area contributed by atoms with E-state index in [0.29, 0.717) is 11.5 Å². The van der Waals surface area contributed by atoms with Crippen molar-refractivity contribution in [1.82, 2.24) is 19.6 Å². The fourth-order valence-electron chi connectivity index (χ4n) is 3.45. The van der Waals surface area contributed by atoms with Crippen molar-refractivity contribution in [3.8, 4) is 28.4 Å². The third-order valence-corrected chi connectivity index (χ3v) is 4.86. The van der Waals surface area contributed by atoms with Gasteiger partial charge < -0.3 is 4.74 Å². The molecule has 0 atom stereocenters. The number of methoxy groups -OCH3 is 1. The second-order valence-corrected chi connectivity index (χ2v) is 6.69. The van der Waals surface area contributed by atoms with E-state index in [1.807, 2.05) is 53.2 Å². The SMILES string of the molecule is COc1ccccc1-c1nc(-c2ccc(C)cc2)c2c(n1)nn1ccccc21. The van der Waals surface area contributed by atoms with Crippen molar-refractivity contribution < 1.29 is 4.74 Å². The van der Waals surface area contributed by atoms with Crippen LogP contribution in [0.15, 0.2) is 72.9 Å². The van der Waals surface area contributed by atoms with Crippen LogP contribution in [0.3, 0.4) is 0 Å². The Kier molecular flexibility index (Phi) is 3.79. The summed E-state index contributed by atoms with van der Waals surface area (Å²) in [6.07, 6.45) is 1.93. The summed E-state index contributed by atoms with van der Waals surface area (Å²) in [6.45, 7) is 2.08.